The van der Waals surface area contributed by atoms with Crippen LogP contribution in [0.15, 0.2) is 72.8 Å². The van der Waals surface area contributed by atoms with E-state index in [1.807, 2.05) is 61.5 Å². The number of halogens is 1. The summed E-state index contributed by atoms with van der Waals surface area (Å²) >= 11 is 7.54. The topological polar surface area (TPSA) is 58.6 Å². The predicted molar refractivity (Wildman–Crippen MR) is 126 cm³/mol. The second kappa shape index (κ2) is 9.45. The number of nitrogens with one attached hydrogen (secondary N) is 1. The Morgan fingerprint density at radius 1 is 1.13 bits per heavy atom. The van der Waals surface area contributed by atoms with Gasteiger partial charge in [-0.3, -0.25) is 14.5 Å². The normalized spacial score (nSPS) is 15.7. The summed E-state index contributed by atoms with van der Waals surface area (Å²) in [6, 6.07) is 22.3. The molecule has 1 atom stereocenters. The molecule has 1 saturated heterocycles. The number of carbonyl (C=O) groups excluding carboxylic acids is 2. The Kier molecular flexibility index (Phi) is 6.49. The third-order valence-corrected chi connectivity index (χ3v) is 6.29. The van der Waals surface area contributed by atoms with Crippen molar-refractivity contribution in [2.45, 2.75) is 12.3 Å². The number of carbonyl (C=O) groups is 2. The third-order valence-electron chi connectivity index (χ3n) is 4.82. The summed E-state index contributed by atoms with van der Waals surface area (Å²) in [5, 5.41) is 3.27. The molecule has 0 saturated carbocycles. The molecule has 2 amide bonds. The van der Waals surface area contributed by atoms with E-state index in [9.17, 15) is 9.59 Å². The lowest BCUT2D eigenvalue weighted by Crippen LogP contribution is -2.27. The van der Waals surface area contributed by atoms with E-state index in [2.05, 4.69) is 5.32 Å². The van der Waals surface area contributed by atoms with Crippen LogP contribution in [0, 0.1) is 6.92 Å². The van der Waals surface area contributed by atoms with Crippen LogP contribution in [0.2, 0.25) is 5.02 Å². The second-order valence-corrected chi connectivity index (χ2v) is 8.68. The van der Waals surface area contributed by atoms with Crippen LogP contribution >= 0.6 is 23.4 Å². The second-order valence-electron chi connectivity index (χ2n) is 7.18. The van der Waals surface area contributed by atoms with Gasteiger partial charge in [0.15, 0.2) is 6.61 Å². The predicted octanol–water partition coefficient (Wildman–Crippen LogP) is 5.44. The molecule has 158 valence electrons. The number of amides is 2. The molecule has 1 fully saturated rings. The first-order chi connectivity index (χ1) is 15.0. The zero-order valence-corrected chi connectivity index (χ0v) is 18.5. The minimum absolute atomic E-state index is 0.0427. The molecular formula is C24H21ClN2O3S. The van der Waals surface area contributed by atoms with Crippen molar-refractivity contribution in [3.63, 3.8) is 0 Å². The minimum Gasteiger partial charge on any atom is -0.484 e. The van der Waals surface area contributed by atoms with Gasteiger partial charge < -0.3 is 10.1 Å². The van der Waals surface area contributed by atoms with E-state index in [1.54, 1.807) is 34.9 Å². The summed E-state index contributed by atoms with van der Waals surface area (Å²) in [6.07, 6.45) is 0. The lowest BCUT2D eigenvalue weighted by Gasteiger charge is -2.24. The van der Waals surface area contributed by atoms with Crippen LogP contribution in [0.3, 0.4) is 0 Å². The standard InChI is InChI=1S/C24H21ClN2O3S/c1-16-5-9-19(10-6-16)26-22(28)14-30-21-4-2-3-17(13-21)24-27(23(29)15-31-24)20-11-7-18(25)8-12-20/h2-13,24H,14-15H2,1H3,(H,26,28)/t24-/m1/s1. The van der Waals surface area contributed by atoms with Crippen LogP contribution in [0.25, 0.3) is 0 Å². The van der Waals surface area contributed by atoms with Gasteiger partial charge >= 0.3 is 0 Å². The van der Waals surface area contributed by atoms with Crippen molar-refractivity contribution in [2.75, 3.05) is 22.6 Å². The van der Waals surface area contributed by atoms with Gasteiger partial charge in [-0.25, -0.2) is 0 Å². The van der Waals surface area contributed by atoms with E-state index in [1.165, 1.54) is 0 Å². The average Bonchev–Trinajstić information content (AvgIpc) is 3.16. The van der Waals surface area contributed by atoms with E-state index >= 15 is 0 Å². The van der Waals surface area contributed by atoms with Gasteiger partial charge in [-0.15, -0.1) is 11.8 Å². The molecule has 0 spiro atoms. The van der Waals surface area contributed by atoms with Crippen molar-refractivity contribution in [3.05, 3.63) is 88.9 Å². The molecule has 1 heterocycles. The summed E-state index contributed by atoms with van der Waals surface area (Å²) in [5.74, 6) is 0.785. The van der Waals surface area contributed by atoms with Crippen LogP contribution in [0.1, 0.15) is 16.5 Å². The first-order valence-electron chi connectivity index (χ1n) is 9.78. The largest absolute Gasteiger partial charge is 0.484 e. The van der Waals surface area contributed by atoms with Gasteiger partial charge in [0.25, 0.3) is 5.91 Å². The Hall–Kier alpha value is -2.96. The summed E-state index contributed by atoms with van der Waals surface area (Å²) in [7, 11) is 0. The van der Waals surface area contributed by atoms with E-state index in [-0.39, 0.29) is 23.8 Å². The molecular weight excluding hydrogens is 432 g/mol. The molecule has 0 aliphatic carbocycles. The van der Waals surface area contributed by atoms with Gasteiger partial charge in [-0.2, -0.15) is 0 Å². The highest BCUT2D eigenvalue weighted by Crippen LogP contribution is 2.42. The maximum Gasteiger partial charge on any atom is 0.262 e. The molecule has 31 heavy (non-hydrogen) atoms. The van der Waals surface area contributed by atoms with Crippen molar-refractivity contribution in [1.29, 1.82) is 0 Å². The minimum atomic E-state index is -0.234. The van der Waals surface area contributed by atoms with Crippen molar-refractivity contribution in [3.8, 4) is 5.75 Å². The maximum atomic E-state index is 12.5. The third kappa shape index (κ3) is 5.21. The summed E-state index contributed by atoms with van der Waals surface area (Å²) in [4.78, 5) is 26.5. The highest BCUT2D eigenvalue weighted by atomic mass is 35.5. The average molecular weight is 453 g/mol. The van der Waals surface area contributed by atoms with E-state index in [0.29, 0.717) is 16.5 Å². The molecule has 1 aliphatic rings. The zero-order chi connectivity index (χ0) is 21.8. The molecule has 4 rings (SSSR count). The van der Waals surface area contributed by atoms with Gasteiger partial charge in [0.1, 0.15) is 11.1 Å². The van der Waals surface area contributed by atoms with Crippen molar-refractivity contribution >= 4 is 46.6 Å². The number of nitrogens with zero attached hydrogens (tertiary/aromatic N) is 1. The summed E-state index contributed by atoms with van der Waals surface area (Å²) in [6.45, 7) is 1.89. The highest BCUT2D eigenvalue weighted by Gasteiger charge is 2.34. The van der Waals surface area contributed by atoms with E-state index < -0.39 is 0 Å². The molecule has 3 aromatic carbocycles. The molecule has 0 bridgehead atoms. The zero-order valence-electron chi connectivity index (χ0n) is 16.9. The number of aryl methyl sites for hydroxylation is 1. The Morgan fingerprint density at radius 3 is 2.61 bits per heavy atom. The van der Waals surface area contributed by atoms with E-state index in [4.69, 9.17) is 16.3 Å². The van der Waals surface area contributed by atoms with Gasteiger partial charge in [-0.1, -0.05) is 41.4 Å². The van der Waals surface area contributed by atoms with Crippen LogP contribution < -0.4 is 15.0 Å². The lowest BCUT2D eigenvalue weighted by molar-refractivity contribution is -0.118. The Bertz CT molecular complexity index is 1090. The van der Waals surface area contributed by atoms with Crippen LogP contribution in [-0.4, -0.2) is 24.2 Å². The molecule has 3 aromatic rings. The van der Waals surface area contributed by atoms with Gasteiger partial charge in [0.2, 0.25) is 5.91 Å². The quantitative estimate of drug-likeness (QED) is 0.540. The SMILES string of the molecule is Cc1ccc(NC(=O)COc2cccc([C@H]3SCC(=O)N3c3ccc(Cl)cc3)c2)cc1. The smallest absolute Gasteiger partial charge is 0.262 e. The first-order valence-corrected chi connectivity index (χ1v) is 11.2. The maximum absolute atomic E-state index is 12.5. The number of benzene rings is 3. The highest BCUT2D eigenvalue weighted by molar-refractivity contribution is 8.00. The molecule has 7 heteroatoms. The van der Waals surface area contributed by atoms with Gasteiger partial charge in [0, 0.05) is 16.4 Å². The molecule has 0 unspecified atom stereocenters. The monoisotopic (exact) mass is 452 g/mol. The first kappa shape index (κ1) is 21.3. The number of rotatable bonds is 6. The van der Waals surface area contributed by atoms with Gasteiger partial charge in [0.05, 0.1) is 5.75 Å². The summed E-state index contributed by atoms with van der Waals surface area (Å²) in [5.41, 5.74) is 3.59. The Morgan fingerprint density at radius 2 is 1.87 bits per heavy atom. The fourth-order valence-electron chi connectivity index (χ4n) is 3.29. The number of thioether (sulfide) groups is 1. The van der Waals surface area contributed by atoms with Crippen LogP contribution in [0.5, 0.6) is 5.75 Å². The fourth-order valence-corrected chi connectivity index (χ4v) is 4.59. The number of hydrogen-bond donors (Lipinski definition) is 1. The van der Waals surface area contributed by atoms with E-state index in [0.717, 1.165) is 22.5 Å². The number of ether oxygens (including phenoxy) is 1. The fraction of sp³-hybridized carbons (Fsp3) is 0.167. The van der Waals surface area contributed by atoms with Crippen LogP contribution in [0.4, 0.5) is 11.4 Å². The molecule has 5 nitrogen and oxygen atoms in total. The lowest BCUT2D eigenvalue weighted by atomic mass is 10.1. The van der Waals surface area contributed by atoms with Crippen LogP contribution in [-0.2, 0) is 9.59 Å². The molecule has 0 radical (unpaired) electrons. The van der Waals surface area contributed by atoms with Gasteiger partial charge in [-0.05, 0) is 61.0 Å². The number of anilines is 2. The van der Waals surface area contributed by atoms with Crippen molar-refractivity contribution in [2.24, 2.45) is 0 Å². The molecule has 1 aliphatic heterocycles. The van der Waals surface area contributed by atoms with Crippen molar-refractivity contribution < 1.29 is 14.3 Å². The molecule has 1 N–H and O–H groups in total. The Labute approximate surface area is 190 Å². The molecule has 0 aromatic heterocycles. The number of hydrogen-bond acceptors (Lipinski definition) is 4. The van der Waals surface area contributed by atoms with Crippen molar-refractivity contribution in [1.82, 2.24) is 0 Å². The Balaban J connectivity index is 1.43. The summed E-state index contributed by atoms with van der Waals surface area (Å²) < 4.78 is 5.71.